The molecule has 0 radical (unpaired) electrons. The van der Waals surface area contributed by atoms with Gasteiger partial charge in [0, 0.05) is 26.2 Å². The first kappa shape index (κ1) is 22.8. The first-order chi connectivity index (χ1) is 16.8. The summed E-state index contributed by atoms with van der Waals surface area (Å²) in [5.41, 5.74) is 4.68. The van der Waals surface area contributed by atoms with Gasteiger partial charge < -0.3 is 9.80 Å². The van der Waals surface area contributed by atoms with Gasteiger partial charge in [0.05, 0.1) is 0 Å². The summed E-state index contributed by atoms with van der Waals surface area (Å²) in [6, 6.07) is 41.3. The first-order valence-electron chi connectivity index (χ1n) is 11.4. The van der Waals surface area contributed by atoms with Crippen molar-refractivity contribution in [2.75, 3.05) is 0 Å². The number of hydrogen-bond acceptors (Lipinski definition) is 2. The fraction of sp³-hybridized carbons (Fsp3) is 0.133. The molecule has 0 heterocycles. The number of rotatable bonds is 8. The van der Waals surface area contributed by atoms with Crippen LogP contribution in [0.1, 0.15) is 22.3 Å². The molecule has 0 aliphatic heterocycles. The van der Waals surface area contributed by atoms with E-state index in [4.69, 9.17) is 0 Å². The molecule has 4 aromatic rings. The third kappa shape index (κ3) is 6.57. The van der Waals surface area contributed by atoms with E-state index in [0.717, 1.165) is 0 Å². The summed E-state index contributed by atoms with van der Waals surface area (Å²) in [7, 11) is 0. The van der Waals surface area contributed by atoms with Crippen molar-refractivity contribution in [3.63, 3.8) is 0 Å². The van der Waals surface area contributed by atoms with Crippen molar-refractivity contribution in [2.45, 2.75) is 26.2 Å². The summed E-state index contributed by atoms with van der Waals surface area (Å²) in [6.07, 6.45) is 2.08. The predicted octanol–water partition coefficient (Wildman–Crippen LogP) is 6.23. The second-order valence-corrected chi connectivity index (χ2v) is 8.17. The highest BCUT2D eigenvalue weighted by Gasteiger charge is 2.21. The number of hydrogen-bond donors (Lipinski definition) is 0. The fourth-order valence-electron chi connectivity index (χ4n) is 4.00. The molecule has 0 N–H and O–H groups in total. The van der Waals surface area contributed by atoms with Gasteiger partial charge in [-0.25, -0.2) is 0 Å². The summed E-state index contributed by atoms with van der Waals surface area (Å²) >= 11 is 0. The van der Waals surface area contributed by atoms with E-state index >= 15 is 0 Å². The van der Waals surface area contributed by atoms with Gasteiger partial charge in [-0.2, -0.15) is 5.26 Å². The molecule has 0 aromatic heterocycles. The minimum atomic E-state index is 0.649. The van der Waals surface area contributed by atoms with E-state index in [1.807, 2.05) is 72.8 Å². The SMILES string of the molecule is N#CN=C(N(Cc1ccccc1)Cc1ccccc1)N(Cc1ccccc1)Cc1ccccc1. The second-order valence-electron chi connectivity index (χ2n) is 8.17. The molecule has 4 aromatic carbocycles. The molecule has 4 nitrogen and oxygen atoms in total. The minimum absolute atomic E-state index is 0.649. The average Bonchev–Trinajstić information content (AvgIpc) is 2.89. The van der Waals surface area contributed by atoms with Gasteiger partial charge in [-0.1, -0.05) is 121 Å². The van der Waals surface area contributed by atoms with Crippen molar-refractivity contribution in [2.24, 2.45) is 4.99 Å². The number of guanidine groups is 1. The summed E-state index contributed by atoms with van der Waals surface area (Å²) in [4.78, 5) is 8.77. The summed E-state index contributed by atoms with van der Waals surface area (Å²) in [6.45, 7) is 2.60. The third-order valence-electron chi connectivity index (χ3n) is 5.58. The lowest BCUT2D eigenvalue weighted by atomic mass is 10.1. The molecule has 0 amide bonds. The maximum absolute atomic E-state index is 9.71. The van der Waals surface area contributed by atoms with Crippen molar-refractivity contribution < 1.29 is 0 Å². The molecule has 168 valence electrons. The zero-order chi connectivity index (χ0) is 23.4. The van der Waals surface area contributed by atoms with Gasteiger partial charge in [0.1, 0.15) is 0 Å². The number of nitriles is 1. The van der Waals surface area contributed by atoms with Crippen LogP contribution in [0.2, 0.25) is 0 Å². The van der Waals surface area contributed by atoms with Crippen molar-refractivity contribution in [3.05, 3.63) is 144 Å². The Bertz CT molecular complexity index is 1030. The fourth-order valence-corrected chi connectivity index (χ4v) is 4.00. The highest BCUT2D eigenvalue weighted by atomic mass is 15.4. The van der Waals surface area contributed by atoms with Crippen LogP contribution in [0.4, 0.5) is 0 Å². The third-order valence-corrected chi connectivity index (χ3v) is 5.58. The Hall–Kier alpha value is -4.36. The Morgan fingerprint density at radius 2 is 0.765 bits per heavy atom. The van der Waals surface area contributed by atoms with Crippen LogP contribution < -0.4 is 0 Å². The van der Waals surface area contributed by atoms with Crippen LogP contribution >= 0.6 is 0 Å². The highest BCUT2D eigenvalue weighted by molar-refractivity contribution is 5.81. The lowest BCUT2D eigenvalue weighted by Crippen LogP contribution is -2.43. The van der Waals surface area contributed by atoms with Crippen LogP contribution in [0.25, 0.3) is 0 Å². The van der Waals surface area contributed by atoms with E-state index in [-0.39, 0.29) is 0 Å². The molecule has 0 bridgehead atoms. The lowest BCUT2D eigenvalue weighted by Gasteiger charge is -2.34. The predicted molar refractivity (Wildman–Crippen MR) is 137 cm³/mol. The van der Waals surface area contributed by atoms with E-state index in [0.29, 0.717) is 32.1 Å². The van der Waals surface area contributed by atoms with Crippen LogP contribution in [0, 0.1) is 11.5 Å². The van der Waals surface area contributed by atoms with Gasteiger partial charge in [-0.05, 0) is 22.3 Å². The summed E-state index contributed by atoms with van der Waals surface area (Å²) < 4.78 is 0. The van der Waals surface area contributed by atoms with E-state index in [1.54, 1.807) is 0 Å². The topological polar surface area (TPSA) is 42.6 Å². The van der Waals surface area contributed by atoms with Crippen LogP contribution in [0.3, 0.4) is 0 Å². The van der Waals surface area contributed by atoms with Crippen molar-refractivity contribution in [3.8, 4) is 6.19 Å². The molecule has 0 atom stereocenters. The minimum Gasteiger partial charge on any atom is -0.333 e. The normalized spacial score (nSPS) is 10.2. The lowest BCUT2D eigenvalue weighted by molar-refractivity contribution is 0.296. The monoisotopic (exact) mass is 444 g/mol. The van der Waals surface area contributed by atoms with Gasteiger partial charge in [0.2, 0.25) is 12.2 Å². The van der Waals surface area contributed by atoms with Crippen LogP contribution in [0.5, 0.6) is 0 Å². The van der Waals surface area contributed by atoms with Gasteiger partial charge in [0.15, 0.2) is 0 Å². The Morgan fingerprint density at radius 3 is 1.00 bits per heavy atom. The summed E-state index contributed by atoms with van der Waals surface area (Å²) in [5, 5.41) is 9.71. The molecular formula is C30H28N4. The first-order valence-corrected chi connectivity index (χ1v) is 11.4. The molecule has 0 fully saturated rings. The Balaban J connectivity index is 1.71. The molecule has 0 saturated heterocycles. The van der Waals surface area contributed by atoms with Gasteiger partial charge in [-0.3, -0.25) is 0 Å². The molecule has 0 aliphatic carbocycles. The second kappa shape index (κ2) is 12.0. The maximum Gasteiger partial charge on any atom is 0.213 e. The Morgan fingerprint density at radius 1 is 0.500 bits per heavy atom. The smallest absolute Gasteiger partial charge is 0.213 e. The molecule has 0 spiro atoms. The van der Waals surface area contributed by atoms with E-state index in [1.165, 1.54) is 22.3 Å². The molecule has 0 unspecified atom stereocenters. The van der Waals surface area contributed by atoms with Gasteiger partial charge in [0.25, 0.3) is 0 Å². The van der Waals surface area contributed by atoms with Crippen molar-refractivity contribution in [1.29, 1.82) is 5.26 Å². The van der Waals surface area contributed by atoms with E-state index in [9.17, 15) is 5.26 Å². The van der Waals surface area contributed by atoms with Crippen LogP contribution in [-0.2, 0) is 26.2 Å². The molecule has 4 heteroatoms. The molecule has 4 rings (SSSR count). The average molecular weight is 445 g/mol. The number of aliphatic imine (C=N–C) groups is 1. The van der Waals surface area contributed by atoms with Crippen molar-refractivity contribution >= 4 is 5.96 Å². The zero-order valence-corrected chi connectivity index (χ0v) is 19.2. The largest absolute Gasteiger partial charge is 0.333 e. The van der Waals surface area contributed by atoms with E-state index < -0.39 is 0 Å². The Kier molecular flexibility index (Phi) is 8.08. The molecule has 34 heavy (non-hydrogen) atoms. The van der Waals surface area contributed by atoms with Crippen LogP contribution in [0.15, 0.2) is 126 Å². The van der Waals surface area contributed by atoms with E-state index in [2.05, 4.69) is 69.5 Å². The van der Waals surface area contributed by atoms with Crippen LogP contribution in [-0.4, -0.2) is 15.8 Å². The molecule has 0 saturated carbocycles. The maximum atomic E-state index is 9.71. The zero-order valence-electron chi connectivity index (χ0n) is 19.2. The van der Waals surface area contributed by atoms with Gasteiger partial charge >= 0.3 is 0 Å². The quantitative estimate of drug-likeness (QED) is 0.184. The number of nitrogens with zero attached hydrogens (tertiary/aromatic N) is 4. The highest BCUT2D eigenvalue weighted by Crippen LogP contribution is 2.18. The molecular weight excluding hydrogens is 416 g/mol. The number of benzene rings is 4. The Labute approximate surface area is 202 Å². The van der Waals surface area contributed by atoms with Crippen molar-refractivity contribution in [1.82, 2.24) is 9.80 Å². The van der Waals surface area contributed by atoms with Gasteiger partial charge in [-0.15, -0.1) is 4.99 Å². The molecule has 0 aliphatic rings. The standard InChI is InChI=1S/C30H28N4/c31-25-32-30(33(21-26-13-5-1-6-14-26)22-27-15-7-2-8-16-27)34(23-28-17-9-3-10-18-28)24-29-19-11-4-12-20-29/h1-20H,21-24H2. The summed E-state index contributed by atoms with van der Waals surface area (Å²) in [5.74, 6) is 0.669.